The van der Waals surface area contributed by atoms with Crippen molar-refractivity contribution in [3.05, 3.63) is 87.9 Å². The van der Waals surface area contributed by atoms with E-state index >= 15 is 0 Å². The Morgan fingerprint density at radius 3 is 2.71 bits per heavy atom. The molecule has 1 saturated heterocycles. The molecule has 1 N–H and O–H groups in total. The summed E-state index contributed by atoms with van der Waals surface area (Å²) in [5, 5.41) is 13.0. The van der Waals surface area contributed by atoms with Crippen molar-refractivity contribution in [1.29, 1.82) is 0 Å². The summed E-state index contributed by atoms with van der Waals surface area (Å²) in [5.74, 6) is -0.203. The number of thiophene rings is 1. The van der Waals surface area contributed by atoms with E-state index in [1.54, 1.807) is 12.1 Å². The summed E-state index contributed by atoms with van der Waals surface area (Å²) in [7, 11) is 0. The largest absolute Gasteiger partial charge is 0.419 e. The molecule has 38 heavy (non-hydrogen) atoms. The van der Waals surface area contributed by atoms with E-state index in [1.807, 2.05) is 58.8 Å². The molecule has 2 aliphatic heterocycles. The predicted molar refractivity (Wildman–Crippen MR) is 141 cm³/mol. The molecule has 0 radical (unpaired) electrons. The topological polar surface area (TPSA) is 109 Å². The van der Waals surface area contributed by atoms with Crippen LogP contribution in [0.2, 0.25) is 0 Å². The van der Waals surface area contributed by atoms with Crippen LogP contribution >= 0.6 is 11.3 Å². The van der Waals surface area contributed by atoms with E-state index in [0.717, 1.165) is 23.3 Å². The van der Waals surface area contributed by atoms with Gasteiger partial charge >= 0.3 is 0 Å². The number of hydrogen-bond donors (Lipinski definition) is 1. The maximum atomic E-state index is 13.4. The van der Waals surface area contributed by atoms with Crippen LogP contribution in [0.15, 0.2) is 70.5 Å². The summed E-state index contributed by atoms with van der Waals surface area (Å²) in [6.07, 6.45) is 1.52. The summed E-state index contributed by atoms with van der Waals surface area (Å²) in [6, 6.07) is 18.6. The van der Waals surface area contributed by atoms with Crippen LogP contribution in [0, 0.1) is 5.92 Å². The first-order valence-electron chi connectivity index (χ1n) is 12.5. The molecule has 192 valence electrons. The lowest BCUT2D eigenvalue weighted by Gasteiger charge is -2.34. The van der Waals surface area contributed by atoms with Crippen LogP contribution in [-0.4, -0.2) is 45.9 Å². The van der Waals surface area contributed by atoms with Gasteiger partial charge in [0.1, 0.15) is 0 Å². The third kappa shape index (κ3) is 4.58. The number of carbonyl (C=O) groups is 3. The van der Waals surface area contributed by atoms with Crippen LogP contribution < -0.4 is 10.2 Å². The molecule has 10 heteroatoms. The number of amides is 3. The fraction of sp³-hybridized carbons (Fsp3) is 0.250. The monoisotopic (exact) mass is 527 g/mol. The molecule has 1 fully saturated rings. The van der Waals surface area contributed by atoms with Gasteiger partial charge in [0.25, 0.3) is 11.8 Å². The Kier molecular flexibility index (Phi) is 6.47. The van der Waals surface area contributed by atoms with Crippen molar-refractivity contribution in [3.63, 3.8) is 0 Å². The molecule has 1 atom stereocenters. The van der Waals surface area contributed by atoms with E-state index in [1.165, 1.54) is 16.2 Å². The highest BCUT2D eigenvalue weighted by Gasteiger charge is 2.39. The van der Waals surface area contributed by atoms with Crippen LogP contribution in [0.5, 0.6) is 0 Å². The van der Waals surface area contributed by atoms with E-state index < -0.39 is 0 Å². The number of aromatic nitrogens is 2. The molecular formula is C28H25N5O4S. The molecule has 2 aromatic carbocycles. The molecular weight excluding hydrogens is 502 g/mol. The van der Waals surface area contributed by atoms with Crippen molar-refractivity contribution in [3.8, 4) is 11.5 Å². The number of anilines is 1. The van der Waals surface area contributed by atoms with Gasteiger partial charge in [-0.15, -0.1) is 21.5 Å². The average Bonchev–Trinajstić information content (AvgIpc) is 3.71. The summed E-state index contributed by atoms with van der Waals surface area (Å²) in [6.45, 7) is 1.56. The highest BCUT2D eigenvalue weighted by atomic mass is 32.1. The fourth-order valence-corrected chi connectivity index (χ4v) is 5.71. The maximum absolute atomic E-state index is 13.4. The van der Waals surface area contributed by atoms with Crippen LogP contribution in [0.3, 0.4) is 0 Å². The zero-order valence-electron chi connectivity index (χ0n) is 20.5. The van der Waals surface area contributed by atoms with Gasteiger partial charge in [0, 0.05) is 23.5 Å². The second-order valence-corrected chi connectivity index (χ2v) is 10.4. The number of nitrogens with zero attached hydrogens (tertiary/aromatic N) is 4. The molecule has 0 bridgehead atoms. The fourth-order valence-electron chi connectivity index (χ4n) is 5.02. The van der Waals surface area contributed by atoms with Gasteiger partial charge in [0.15, 0.2) is 0 Å². The first kappa shape index (κ1) is 24.1. The number of nitrogens with one attached hydrogen (secondary N) is 1. The van der Waals surface area contributed by atoms with Gasteiger partial charge in [-0.05, 0) is 48.6 Å². The summed E-state index contributed by atoms with van der Waals surface area (Å²) >= 11 is 1.52. The minimum atomic E-state index is -0.286. The predicted octanol–water partition coefficient (Wildman–Crippen LogP) is 4.13. The minimum absolute atomic E-state index is 0.108. The number of carbonyl (C=O) groups excluding carboxylic acids is 3. The third-order valence-corrected chi connectivity index (χ3v) is 7.77. The normalized spacial score (nSPS) is 17.1. The van der Waals surface area contributed by atoms with Crippen molar-refractivity contribution in [1.82, 2.24) is 20.4 Å². The SMILES string of the molecule is O=C(NCc1nnc(-c2ccccc2)o1)[C@@H]1CCCN(c2cccc3c2C(=O)N(Cc2cccs2)C3=O)C1. The number of imide groups is 1. The molecule has 0 saturated carbocycles. The Hall–Kier alpha value is -4.31. The van der Waals surface area contributed by atoms with Gasteiger partial charge in [0.2, 0.25) is 17.7 Å². The van der Waals surface area contributed by atoms with Gasteiger partial charge in [-0.25, -0.2) is 0 Å². The molecule has 4 heterocycles. The van der Waals surface area contributed by atoms with Crippen molar-refractivity contribution in [2.24, 2.45) is 5.92 Å². The first-order chi connectivity index (χ1) is 18.6. The van der Waals surface area contributed by atoms with Crippen LogP contribution in [0.4, 0.5) is 5.69 Å². The van der Waals surface area contributed by atoms with Gasteiger partial charge in [-0.2, -0.15) is 0 Å². The standard InChI is InChI=1S/C28H25N5O4S/c34-25(29-15-23-30-31-26(37-23)18-7-2-1-3-8-18)19-9-5-13-32(16-19)22-12-4-11-21-24(22)28(36)33(27(21)35)17-20-10-6-14-38-20/h1-4,6-8,10-12,14,19H,5,9,13,15-17H2,(H,29,34)/t19-/m1/s1. The quantitative estimate of drug-likeness (QED) is 0.360. The molecule has 9 nitrogen and oxygen atoms in total. The van der Waals surface area contributed by atoms with Gasteiger partial charge < -0.3 is 14.6 Å². The molecule has 4 aromatic rings. The summed E-state index contributed by atoms with van der Waals surface area (Å²) < 4.78 is 5.70. The third-order valence-electron chi connectivity index (χ3n) is 6.91. The number of fused-ring (bicyclic) bond motifs is 1. The van der Waals surface area contributed by atoms with Gasteiger partial charge in [0.05, 0.1) is 35.8 Å². The molecule has 3 amide bonds. The molecule has 6 rings (SSSR count). The van der Waals surface area contributed by atoms with E-state index in [0.29, 0.717) is 41.7 Å². The average molecular weight is 528 g/mol. The zero-order valence-corrected chi connectivity index (χ0v) is 21.3. The van der Waals surface area contributed by atoms with Crippen LogP contribution in [0.25, 0.3) is 11.5 Å². The lowest BCUT2D eigenvalue weighted by Crippen LogP contribution is -2.43. The summed E-state index contributed by atoms with van der Waals surface area (Å²) in [5.41, 5.74) is 2.37. The van der Waals surface area contributed by atoms with Gasteiger partial charge in [-0.1, -0.05) is 30.3 Å². The lowest BCUT2D eigenvalue weighted by atomic mass is 9.95. The molecule has 2 aliphatic rings. The molecule has 2 aromatic heterocycles. The second kappa shape index (κ2) is 10.2. The van der Waals surface area contributed by atoms with E-state index in [4.69, 9.17) is 4.42 Å². The Morgan fingerprint density at radius 2 is 1.89 bits per heavy atom. The Bertz CT molecular complexity index is 1480. The van der Waals surface area contributed by atoms with Crippen molar-refractivity contribution < 1.29 is 18.8 Å². The lowest BCUT2D eigenvalue weighted by molar-refractivity contribution is -0.125. The highest BCUT2D eigenvalue weighted by molar-refractivity contribution is 7.09. The molecule has 0 aliphatic carbocycles. The smallest absolute Gasteiger partial charge is 0.264 e. The zero-order chi connectivity index (χ0) is 26.1. The van der Waals surface area contributed by atoms with Crippen molar-refractivity contribution >= 4 is 34.7 Å². The number of rotatable bonds is 7. The number of benzene rings is 2. The minimum Gasteiger partial charge on any atom is -0.419 e. The second-order valence-electron chi connectivity index (χ2n) is 9.35. The Labute approximate surface area is 223 Å². The number of piperidine rings is 1. The maximum Gasteiger partial charge on any atom is 0.264 e. The van der Waals surface area contributed by atoms with E-state index in [9.17, 15) is 14.4 Å². The van der Waals surface area contributed by atoms with Crippen molar-refractivity contribution in [2.45, 2.75) is 25.9 Å². The first-order valence-corrected chi connectivity index (χ1v) is 13.4. The van der Waals surface area contributed by atoms with Crippen molar-refractivity contribution in [2.75, 3.05) is 18.0 Å². The van der Waals surface area contributed by atoms with Gasteiger partial charge in [-0.3, -0.25) is 19.3 Å². The molecule has 0 unspecified atom stereocenters. The van der Waals surface area contributed by atoms with E-state index in [-0.39, 0.29) is 36.7 Å². The van der Waals surface area contributed by atoms with E-state index in [2.05, 4.69) is 15.5 Å². The highest BCUT2D eigenvalue weighted by Crippen LogP contribution is 2.35. The van der Waals surface area contributed by atoms with Crippen LogP contribution in [0.1, 0.15) is 44.3 Å². The number of hydrogen-bond acceptors (Lipinski definition) is 8. The summed E-state index contributed by atoms with van der Waals surface area (Å²) in [4.78, 5) is 43.8. The Balaban J connectivity index is 1.13. The Morgan fingerprint density at radius 1 is 1.03 bits per heavy atom. The van der Waals surface area contributed by atoms with Crippen LogP contribution in [-0.2, 0) is 17.9 Å². The molecule has 0 spiro atoms.